The van der Waals surface area contributed by atoms with E-state index in [-0.39, 0.29) is 29.5 Å². The molecule has 0 N–H and O–H groups in total. The van der Waals surface area contributed by atoms with E-state index in [0.29, 0.717) is 5.56 Å². The first kappa shape index (κ1) is 21.3. The Balaban J connectivity index is 1.77. The normalized spacial score (nSPS) is 12.6. The molecule has 0 fully saturated rings. The van der Waals surface area contributed by atoms with Crippen LogP contribution in [0.25, 0.3) is 0 Å². The van der Waals surface area contributed by atoms with Gasteiger partial charge in [0, 0.05) is 11.6 Å². The standard InChI is InChI=1S/C22H23NO7/c1-3-29-21-12-18(23(26)27)17(11-20(21)28-2)22(25)30-13-19(24)16-9-8-14-6-4-5-7-15(14)10-16/h8-12H,3-7,13H2,1-2H3. The highest BCUT2D eigenvalue weighted by Gasteiger charge is 2.26. The quantitative estimate of drug-likeness (QED) is 0.279. The second-order valence-electron chi connectivity index (χ2n) is 6.90. The van der Waals surface area contributed by atoms with Gasteiger partial charge in [-0.1, -0.05) is 12.1 Å². The summed E-state index contributed by atoms with van der Waals surface area (Å²) in [5, 5.41) is 11.4. The summed E-state index contributed by atoms with van der Waals surface area (Å²) in [5.41, 5.74) is 2.06. The molecule has 0 spiro atoms. The molecule has 0 atom stereocenters. The zero-order chi connectivity index (χ0) is 21.7. The molecule has 0 bridgehead atoms. The third-order valence-electron chi connectivity index (χ3n) is 5.00. The summed E-state index contributed by atoms with van der Waals surface area (Å²) in [6.07, 6.45) is 4.15. The fraction of sp³-hybridized carbons (Fsp3) is 0.364. The highest BCUT2D eigenvalue weighted by molar-refractivity contribution is 6.00. The van der Waals surface area contributed by atoms with Crippen LogP contribution in [-0.4, -0.2) is 37.0 Å². The number of methoxy groups -OCH3 is 1. The Labute approximate surface area is 173 Å². The Morgan fingerprint density at radius 1 is 1.07 bits per heavy atom. The van der Waals surface area contributed by atoms with Crippen LogP contribution < -0.4 is 9.47 Å². The van der Waals surface area contributed by atoms with Crippen molar-refractivity contribution in [2.75, 3.05) is 20.3 Å². The van der Waals surface area contributed by atoms with E-state index in [1.54, 1.807) is 13.0 Å². The zero-order valence-electron chi connectivity index (χ0n) is 16.9. The van der Waals surface area contributed by atoms with Crippen LogP contribution in [-0.2, 0) is 17.6 Å². The molecule has 0 aromatic heterocycles. The van der Waals surface area contributed by atoms with Crippen molar-refractivity contribution in [2.45, 2.75) is 32.6 Å². The number of hydrogen-bond acceptors (Lipinski definition) is 7. The van der Waals surface area contributed by atoms with Gasteiger partial charge in [-0.25, -0.2) is 4.79 Å². The van der Waals surface area contributed by atoms with E-state index >= 15 is 0 Å². The summed E-state index contributed by atoms with van der Waals surface area (Å²) in [6, 6.07) is 7.81. The van der Waals surface area contributed by atoms with Gasteiger partial charge in [0.2, 0.25) is 0 Å². The topological polar surface area (TPSA) is 105 Å². The summed E-state index contributed by atoms with van der Waals surface area (Å²) in [5.74, 6) is -1.03. The fourth-order valence-electron chi connectivity index (χ4n) is 3.49. The van der Waals surface area contributed by atoms with E-state index in [1.807, 2.05) is 12.1 Å². The van der Waals surface area contributed by atoms with Crippen molar-refractivity contribution in [1.82, 2.24) is 0 Å². The van der Waals surface area contributed by atoms with Crippen LogP contribution in [0.2, 0.25) is 0 Å². The molecule has 1 aliphatic carbocycles. The molecule has 158 valence electrons. The van der Waals surface area contributed by atoms with Crippen molar-refractivity contribution in [3.8, 4) is 11.5 Å². The first-order chi connectivity index (χ1) is 14.4. The maximum atomic E-state index is 12.5. The van der Waals surface area contributed by atoms with E-state index in [9.17, 15) is 19.7 Å². The smallest absolute Gasteiger partial charge is 0.345 e. The van der Waals surface area contributed by atoms with Crippen LogP contribution in [0.1, 0.15) is 51.6 Å². The molecule has 3 rings (SSSR count). The van der Waals surface area contributed by atoms with Crippen LogP contribution in [0, 0.1) is 10.1 Å². The molecule has 8 heteroatoms. The second-order valence-corrected chi connectivity index (χ2v) is 6.90. The van der Waals surface area contributed by atoms with Gasteiger partial charge in [-0.05, 0) is 49.8 Å². The Morgan fingerprint density at radius 2 is 1.80 bits per heavy atom. The van der Waals surface area contributed by atoms with E-state index in [4.69, 9.17) is 14.2 Å². The number of ketones is 1. The van der Waals surface area contributed by atoms with E-state index in [1.165, 1.54) is 18.7 Å². The lowest BCUT2D eigenvalue weighted by Gasteiger charge is -2.16. The summed E-state index contributed by atoms with van der Waals surface area (Å²) >= 11 is 0. The Kier molecular flexibility index (Phi) is 6.66. The number of nitrogens with zero attached hydrogens (tertiary/aromatic N) is 1. The van der Waals surface area contributed by atoms with Gasteiger partial charge in [0.05, 0.1) is 24.7 Å². The molecule has 0 saturated heterocycles. The summed E-state index contributed by atoms with van der Waals surface area (Å²) in [4.78, 5) is 35.7. The van der Waals surface area contributed by atoms with Crippen LogP contribution in [0.5, 0.6) is 11.5 Å². The lowest BCUT2D eigenvalue weighted by Crippen LogP contribution is -2.16. The van der Waals surface area contributed by atoms with Crippen molar-refractivity contribution >= 4 is 17.4 Å². The van der Waals surface area contributed by atoms with Gasteiger partial charge in [0.1, 0.15) is 5.56 Å². The zero-order valence-corrected chi connectivity index (χ0v) is 16.9. The van der Waals surface area contributed by atoms with Crippen molar-refractivity contribution in [1.29, 1.82) is 0 Å². The molecular formula is C22H23NO7. The van der Waals surface area contributed by atoms with E-state index in [2.05, 4.69) is 0 Å². The Morgan fingerprint density at radius 3 is 2.47 bits per heavy atom. The summed E-state index contributed by atoms with van der Waals surface area (Å²) in [7, 11) is 1.36. The number of nitro groups is 1. The fourth-order valence-corrected chi connectivity index (χ4v) is 3.49. The Bertz CT molecular complexity index is 984. The minimum Gasteiger partial charge on any atom is -0.493 e. The van der Waals surface area contributed by atoms with Crippen molar-refractivity contribution in [3.05, 3.63) is 62.7 Å². The minimum atomic E-state index is -0.977. The van der Waals surface area contributed by atoms with Crippen LogP contribution in [0.15, 0.2) is 30.3 Å². The number of hydrogen-bond donors (Lipinski definition) is 0. The average molecular weight is 413 g/mol. The van der Waals surface area contributed by atoms with Crippen LogP contribution >= 0.6 is 0 Å². The number of esters is 1. The highest BCUT2D eigenvalue weighted by Crippen LogP contribution is 2.35. The molecule has 0 radical (unpaired) electrons. The number of carbonyl (C=O) groups is 2. The molecule has 2 aromatic carbocycles. The van der Waals surface area contributed by atoms with Crippen LogP contribution in [0.4, 0.5) is 5.69 Å². The number of aryl methyl sites for hydroxylation is 2. The van der Waals surface area contributed by atoms with Crippen LogP contribution in [0.3, 0.4) is 0 Å². The second kappa shape index (κ2) is 9.39. The van der Waals surface area contributed by atoms with Crippen molar-refractivity contribution in [3.63, 3.8) is 0 Å². The van der Waals surface area contributed by atoms with Gasteiger partial charge in [-0.2, -0.15) is 0 Å². The Hall–Kier alpha value is -3.42. The van der Waals surface area contributed by atoms with Gasteiger partial charge < -0.3 is 14.2 Å². The lowest BCUT2D eigenvalue weighted by atomic mass is 9.90. The summed E-state index contributed by atoms with van der Waals surface area (Å²) in [6.45, 7) is 1.48. The molecule has 0 heterocycles. The van der Waals surface area contributed by atoms with E-state index in [0.717, 1.165) is 37.3 Å². The lowest BCUT2D eigenvalue weighted by molar-refractivity contribution is -0.385. The number of rotatable bonds is 8. The number of fused-ring (bicyclic) bond motifs is 1. The first-order valence-corrected chi connectivity index (χ1v) is 9.76. The van der Waals surface area contributed by atoms with Gasteiger partial charge >= 0.3 is 5.97 Å². The predicted octanol–water partition coefficient (Wildman–Crippen LogP) is 3.92. The van der Waals surface area contributed by atoms with Gasteiger partial charge in [-0.3, -0.25) is 14.9 Å². The molecule has 30 heavy (non-hydrogen) atoms. The number of ether oxygens (including phenoxy) is 3. The maximum absolute atomic E-state index is 12.5. The van der Waals surface area contributed by atoms with Crippen molar-refractivity contribution in [2.24, 2.45) is 0 Å². The molecular weight excluding hydrogens is 390 g/mol. The molecule has 0 saturated carbocycles. The minimum absolute atomic E-state index is 0.147. The number of carbonyl (C=O) groups excluding carboxylic acids is 2. The highest BCUT2D eigenvalue weighted by atomic mass is 16.6. The molecule has 1 aliphatic rings. The average Bonchev–Trinajstić information content (AvgIpc) is 2.76. The predicted molar refractivity (Wildman–Crippen MR) is 109 cm³/mol. The van der Waals surface area contributed by atoms with Crippen molar-refractivity contribution < 1.29 is 28.7 Å². The summed E-state index contributed by atoms with van der Waals surface area (Å²) < 4.78 is 15.6. The SMILES string of the molecule is CCOc1cc([N+](=O)[O-])c(C(=O)OCC(=O)c2ccc3c(c2)CCCC3)cc1OC. The molecule has 0 aliphatic heterocycles. The van der Waals surface area contributed by atoms with E-state index < -0.39 is 23.2 Å². The third-order valence-corrected chi connectivity index (χ3v) is 5.00. The number of Topliss-reactive ketones (excluding diaryl/α,β-unsaturated/α-hetero) is 1. The number of benzene rings is 2. The molecule has 0 unspecified atom stereocenters. The van der Waals surface area contributed by atoms with Gasteiger partial charge in [0.25, 0.3) is 5.69 Å². The van der Waals surface area contributed by atoms with Gasteiger partial charge in [0.15, 0.2) is 23.9 Å². The molecule has 8 nitrogen and oxygen atoms in total. The monoisotopic (exact) mass is 413 g/mol. The largest absolute Gasteiger partial charge is 0.493 e. The first-order valence-electron chi connectivity index (χ1n) is 9.76. The van der Waals surface area contributed by atoms with Gasteiger partial charge in [-0.15, -0.1) is 0 Å². The third kappa shape index (κ3) is 4.59. The number of nitro benzene ring substituents is 1. The maximum Gasteiger partial charge on any atom is 0.345 e. The molecule has 0 amide bonds. The molecule has 2 aromatic rings.